The van der Waals surface area contributed by atoms with Gasteiger partial charge in [-0.15, -0.1) is 0 Å². The predicted molar refractivity (Wildman–Crippen MR) is 98.0 cm³/mol. The second-order valence-corrected chi connectivity index (χ2v) is 6.32. The highest BCUT2D eigenvalue weighted by atomic mass is 19.1. The summed E-state index contributed by atoms with van der Waals surface area (Å²) in [4.78, 5) is 18.1. The van der Waals surface area contributed by atoms with Gasteiger partial charge < -0.3 is 9.32 Å². The van der Waals surface area contributed by atoms with Crippen LogP contribution in [-0.4, -0.2) is 29.4 Å². The molecular weight excluding hydrogens is 350 g/mol. The minimum absolute atomic E-state index is 0.0151. The molecule has 3 aromatic rings. The zero-order valence-corrected chi connectivity index (χ0v) is 15.0. The van der Waals surface area contributed by atoms with E-state index in [1.807, 2.05) is 0 Å². The van der Waals surface area contributed by atoms with Gasteiger partial charge in [-0.3, -0.25) is 4.79 Å². The third-order valence-corrected chi connectivity index (χ3v) is 4.31. The molecule has 3 rings (SSSR count). The van der Waals surface area contributed by atoms with E-state index in [1.165, 1.54) is 24.3 Å². The lowest BCUT2D eigenvalue weighted by Gasteiger charge is -2.16. The van der Waals surface area contributed by atoms with Gasteiger partial charge in [0.25, 0.3) is 0 Å². The van der Waals surface area contributed by atoms with E-state index < -0.39 is 0 Å². The van der Waals surface area contributed by atoms with Crippen LogP contribution in [0.3, 0.4) is 0 Å². The Kier molecular flexibility index (Phi) is 5.96. The van der Waals surface area contributed by atoms with Crippen molar-refractivity contribution >= 4 is 5.91 Å². The van der Waals surface area contributed by atoms with Gasteiger partial charge in [0.15, 0.2) is 11.7 Å². The maximum Gasteiger partial charge on any atom is 0.222 e. The monoisotopic (exact) mass is 370 g/mol. The SMILES string of the molecule is CN(CCc1ccc(F)cc1)C(=O)CCc1ncc(-c2ccc(F)cc2)o1. The lowest BCUT2D eigenvalue weighted by atomic mass is 10.1. The van der Waals surface area contributed by atoms with Gasteiger partial charge in [0.2, 0.25) is 5.91 Å². The van der Waals surface area contributed by atoms with Crippen LogP contribution in [0, 0.1) is 11.6 Å². The van der Waals surface area contributed by atoms with E-state index in [-0.39, 0.29) is 24.0 Å². The summed E-state index contributed by atoms with van der Waals surface area (Å²) in [7, 11) is 1.74. The van der Waals surface area contributed by atoms with Gasteiger partial charge in [0.1, 0.15) is 11.6 Å². The zero-order valence-electron chi connectivity index (χ0n) is 15.0. The van der Waals surface area contributed by atoms with Crippen LogP contribution >= 0.6 is 0 Å². The highest BCUT2D eigenvalue weighted by molar-refractivity contribution is 5.76. The number of nitrogens with zero attached hydrogens (tertiary/aromatic N) is 2. The molecular formula is C21H20F2N2O2. The summed E-state index contributed by atoms with van der Waals surface area (Å²) in [5, 5.41) is 0. The van der Waals surface area contributed by atoms with Crippen molar-refractivity contribution in [2.24, 2.45) is 0 Å². The van der Waals surface area contributed by atoms with Crippen molar-refractivity contribution in [1.29, 1.82) is 0 Å². The highest BCUT2D eigenvalue weighted by Crippen LogP contribution is 2.21. The number of amides is 1. The smallest absolute Gasteiger partial charge is 0.222 e. The maximum absolute atomic E-state index is 13.0. The zero-order chi connectivity index (χ0) is 19.2. The van der Waals surface area contributed by atoms with Gasteiger partial charge in [-0.2, -0.15) is 0 Å². The standard InChI is InChI=1S/C21H20F2N2O2/c1-25(13-12-15-2-6-17(22)7-3-15)21(26)11-10-20-24-14-19(27-20)16-4-8-18(23)9-5-16/h2-9,14H,10-13H2,1H3. The van der Waals surface area contributed by atoms with E-state index in [9.17, 15) is 13.6 Å². The summed E-state index contributed by atoms with van der Waals surface area (Å²) in [5.74, 6) is 0.414. The van der Waals surface area contributed by atoms with Crippen molar-refractivity contribution in [2.45, 2.75) is 19.3 Å². The molecule has 0 spiro atoms. The van der Waals surface area contributed by atoms with Gasteiger partial charge in [0.05, 0.1) is 6.20 Å². The molecule has 0 saturated carbocycles. The molecule has 27 heavy (non-hydrogen) atoms. The van der Waals surface area contributed by atoms with Crippen molar-refractivity contribution in [3.8, 4) is 11.3 Å². The average molecular weight is 370 g/mol. The molecule has 0 radical (unpaired) electrons. The number of hydrogen-bond donors (Lipinski definition) is 0. The van der Waals surface area contributed by atoms with Crippen LogP contribution in [0.2, 0.25) is 0 Å². The fourth-order valence-corrected chi connectivity index (χ4v) is 2.65. The molecule has 1 amide bonds. The highest BCUT2D eigenvalue weighted by Gasteiger charge is 2.12. The molecule has 0 atom stereocenters. The van der Waals surface area contributed by atoms with Gasteiger partial charge >= 0.3 is 0 Å². The third-order valence-electron chi connectivity index (χ3n) is 4.31. The lowest BCUT2D eigenvalue weighted by Crippen LogP contribution is -2.29. The second kappa shape index (κ2) is 8.58. The van der Waals surface area contributed by atoms with Gasteiger partial charge in [-0.25, -0.2) is 13.8 Å². The number of carbonyl (C=O) groups excluding carboxylic acids is 1. The first-order valence-corrected chi connectivity index (χ1v) is 8.70. The fraction of sp³-hybridized carbons (Fsp3) is 0.238. The Labute approximate surface area is 156 Å². The molecule has 0 N–H and O–H groups in total. The lowest BCUT2D eigenvalue weighted by molar-refractivity contribution is -0.129. The Hall–Kier alpha value is -3.02. The first-order valence-electron chi connectivity index (χ1n) is 8.70. The van der Waals surface area contributed by atoms with Crippen LogP contribution < -0.4 is 0 Å². The minimum Gasteiger partial charge on any atom is -0.441 e. The van der Waals surface area contributed by atoms with Crippen LogP contribution in [0.15, 0.2) is 59.1 Å². The van der Waals surface area contributed by atoms with Crippen LogP contribution in [0.1, 0.15) is 17.9 Å². The topological polar surface area (TPSA) is 46.3 Å². The number of oxazole rings is 1. The Balaban J connectivity index is 1.48. The normalized spacial score (nSPS) is 10.8. The number of likely N-dealkylation sites (N-methyl/N-ethyl adjacent to an activating group) is 1. The molecule has 0 aliphatic carbocycles. The molecule has 1 heterocycles. The molecule has 0 fully saturated rings. The molecule has 4 nitrogen and oxygen atoms in total. The van der Waals surface area contributed by atoms with Crippen molar-refractivity contribution in [1.82, 2.24) is 9.88 Å². The summed E-state index contributed by atoms with van der Waals surface area (Å²) < 4.78 is 31.5. The van der Waals surface area contributed by atoms with Crippen LogP contribution in [0.4, 0.5) is 8.78 Å². The van der Waals surface area contributed by atoms with Gasteiger partial charge in [-0.1, -0.05) is 12.1 Å². The number of hydrogen-bond acceptors (Lipinski definition) is 3. The molecule has 0 aliphatic rings. The molecule has 0 unspecified atom stereocenters. The number of aromatic nitrogens is 1. The molecule has 0 saturated heterocycles. The largest absolute Gasteiger partial charge is 0.441 e. The summed E-state index contributed by atoms with van der Waals surface area (Å²) >= 11 is 0. The van der Waals surface area contributed by atoms with Gasteiger partial charge in [0, 0.05) is 32.0 Å². The Bertz CT molecular complexity index is 889. The number of carbonyl (C=O) groups is 1. The first kappa shape index (κ1) is 18.8. The summed E-state index contributed by atoms with van der Waals surface area (Å²) in [6, 6.07) is 12.2. The molecule has 6 heteroatoms. The van der Waals surface area contributed by atoms with Crippen LogP contribution in [0.25, 0.3) is 11.3 Å². The van der Waals surface area contributed by atoms with E-state index in [1.54, 1.807) is 42.4 Å². The van der Waals surface area contributed by atoms with Crippen molar-refractivity contribution in [3.63, 3.8) is 0 Å². The molecule has 140 valence electrons. The fourth-order valence-electron chi connectivity index (χ4n) is 2.65. The van der Waals surface area contributed by atoms with Crippen molar-refractivity contribution in [2.75, 3.05) is 13.6 Å². The second-order valence-electron chi connectivity index (χ2n) is 6.32. The predicted octanol–water partition coefficient (Wildman–Crippen LogP) is 4.25. The van der Waals surface area contributed by atoms with E-state index in [4.69, 9.17) is 4.42 Å². The summed E-state index contributed by atoms with van der Waals surface area (Å²) in [6.45, 7) is 0.552. The first-order chi connectivity index (χ1) is 13.0. The Morgan fingerprint density at radius 3 is 2.30 bits per heavy atom. The molecule has 2 aromatic carbocycles. The molecule has 1 aromatic heterocycles. The number of rotatable bonds is 7. The molecule has 0 bridgehead atoms. The maximum atomic E-state index is 13.0. The van der Waals surface area contributed by atoms with Crippen molar-refractivity contribution < 1.29 is 18.0 Å². The van der Waals surface area contributed by atoms with Crippen LogP contribution in [0.5, 0.6) is 0 Å². The van der Waals surface area contributed by atoms with Crippen molar-refractivity contribution in [3.05, 3.63) is 77.8 Å². The van der Waals surface area contributed by atoms with E-state index in [2.05, 4.69) is 4.98 Å². The van der Waals surface area contributed by atoms with Gasteiger partial charge in [-0.05, 0) is 48.4 Å². The molecule has 0 aliphatic heterocycles. The minimum atomic E-state index is -0.312. The Morgan fingerprint density at radius 1 is 1.00 bits per heavy atom. The number of aryl methyl sites for hydroxylation is 1. The van der Waals surface area contributed by atoms with E-state index >= 15 is 0 Å². The van der Waals surface area contributed by atoms with E-state index in [0.717, 1.165) is 11.1 Å². The van der Waals surface area contributed by atoms with E-state index in [0.29, 0.717) is 31.0 Å². The summed E-state index contributed by atoms with van der Waals surface area (Å²) in [5.41, 5.74) is 1.71. The summed E-state index contributed by atoms with van der Waals surface area (Å²) in [6.07, 6.45) is 2.91. The number of halogens is 2. The number of benzene rings is 2. The van der Waals surface area contributed by atoms with Crippen LogP contribution in [-0.2, 0) is 17.6 Å². The Morgan fingerprint density at radius 2 is 1.63 bits per heavy atom. The quantitative estimate of drug-likeness (QED) is 0.624. The average Bonchev–Trinajstić information content (AvgIpc) is 3.15. The third kappa shape index (κ3) is 5.23.